The van der Waals surface area contributed by atoms with E-state index in [4.69, 9.17) is 4.42 Å². The number of carbonyl (C=O) groups excluding carboxylic acids is 1. The minimum Gasteiger partial charge on any atom is -0.468 e. The molecule has 0 spiro atoms. The summed E-state index contributed by atoms with van der Waals surface area (Å²) in [5.41, 5.74) is 3.69. The fraction of sp³-hybridized carbons (Fsp3) is 0.600. The topological polar surface area (TPSA) is 65.4 Å². The van der Waals surface area contributed by atoms with E-state index >= 15 is 0 Å². The van der Waals surface area contributed by atoms with Gasteiger partial charge in [0.25, 0.3) is 0 Å². The first-order valence-corrected chi connectivity index (χ1v) is 9.75. The number of furan rings is 1. The van der Waals surface area contributed by atoms with E-state index in [2.05, 4.69) is 15.1 Å². The predicted molar refractivity (Wildman–Crippen MR) is 98.4 cm³/mol. The van der Waals surface area contributed by atoms with Gasteiger partial charge in [-0.05, 0) is 69.3 Å². The molecule has 2 aliphatic rings. The van der Waals surface area contributed by atoms with Crippen molar-refractivity contribution in [2.24, 2.45) is 5.92 Å². The number of fused-ring (bicyclic) bond motifs is 1. The number of piperidine rings is 1. The summed E-state index contributed by atoms with van der Waals surface area (Å²) in [6, 6.07) is 3.93. The van der Waals surface area contributed by atoms with Crippen LogP contribution in [0.2, 0.25) is 0 Å². The van der Waals surface area contributed by atoms with Crippen LogP contribution in [0.15, 0.2) is 22.8 Å². The zero-order chi connectivity index (χ0) is 17.9. The van der Waals surface area contributed by atoms with E-state index in [1.165, 1.54) is 24.1 Å². The van der Waals surface area contributed by atoms with Crippen molar-refractivity contribution < 1.29 is 9.21 Å². The van der Waals surface area contributed by atoms with E-state index < -0.39 is 0 Å². The summed E-state index contributed by atoms with van der Waals surface area (Å²) in [7, 11) is 1.92. The molecule has 0 aromatic carbocycles. The molecule has 4 rings (SSSR count). The number of amides is 1. The summed E-state index contributed by atoms with van der Waals surface area (Å²) in [6.07, 6.45) is 8.20. The summed E-state index contributed by atoms with van der Waals surface area (Å²) >= 11 is 0. The highest BCUT2D eigenvalue weighted by Gasteiger charge is 2.28. The molecule has 1 aliphatic carbocycles. The Morgan fingerprint density at radius 2 is 2.15 bits per heavy atom. The molecule has 140 valence electrons. The van der Waals surface area contributed by atoms with Crippen LogP contribution in [0.5, 0.6) is 0 Å². The van der Waals surface area contributed by atoms with E-state index in [-0.39, 0.29) is 11.8 Å². The van der Waals surface area contributed by atoms with E-state index in [1.807, 2.05) is 24.1 Å². The molecule has 1 fully saturated rings. The number of aromatic nitrogens is 2. The van der Waals surface area contributed by atoms with Crippen LogP contribution in [0, 0.1) is 5.92 Å². The summed E-state index contributed by atoms with van der Waals surface area (Å²) in [5, 5.41) is 7.65. The Hall–Kier alpha value is -2.08. The number of carbonyl (C=O) groups is 1. The van der Waals surface area contributed by atoms with Gasteiger partial charge < -0.3 is 9.32 Å². The minimum atomic E-state index is 0.127. The highest BCUT2D eigenvalue weighted by atomic mass is 16.3. The molecule has 26 heavy (non-hydrogen) atoms. The molecule has 0 saturated carbocycles. The van der Waals surface area contributed by atoms with Crippen LogP contribution in [-0.4, -0.2) is 46.0 Å². The van der Waals surface area contributed by atoms with Gasteiger partial charge in [-0.25, -0.2) is 0 Å². The number of hydrogen-bond donors (Lipinski definition) is 1. The first-order valence-electron chi connectivity index (χ1n) is 9.75. The molecule has 1 saturated heterocycles. The largest absolute Gasteiger partial charge is 0.468 e. The number of nitrogens with zero attached hydrogens (tertiary/aromatic N) is 3. The van der Waals surface area contributed by atoms with Gasteiger partial charge in [0.1, 0.15) is 5.76 Å². The van der Waals surface area contributed by atoms with Crippen molar-refractivity contribution in [1.29, 1.82) is 0 Å². The van der Waals surface area contributed by atoms with Gasteiger partial charge >= 0.3 is 0 Å². The summed E-state index contributed by atoms with van der Waals surface area (Å²) in [6.45, 7) is 3.35. The van der Waals surface area contributed by atoms with Gasteiger partial charge in [-0.2, -0.15) is 5.10 Å². The van der Waals surface area contributed by atoms with E-state index in [9.17, 15) is 4.79 Å². The zero-order valence-electron chi connectivity index (χ0n) is 15.5. The molecule has 2 aromatic heterocycles. The second-order valence-corrected chi connectivity index (χ2v) is 7.66. The van der Waals surface area contributed by atoms with Crippen molar-refractivity contribution in [3.8, 4) is 0 Å². The maximum absolute atomic E-state index is 12.9. The number of rotatable bonds is 5. The number of H-pyrrole nitrogens is 1. The van der Waals surface area contributed by atoms with Crippen molar-refractivity contribution in [2.75, 3.05) is 20.1 Å². The second kappa shape index (κ2) is 7.66. The monoisotopic (exact) mass is 356 g/mol. The van der Waals surface area contributed by atoms with E-state index in [0.29, 0.717) is 6.54 Å². The van der Waals surface area contributed by atoms with Gasteiger partial charge in [0.15, 0.2) is 0 Å². The van der Waals surface area contributed by atoms with Crippen LogP contribution in [-0.2, 0) is 30.7 Å². The molecule has 1 aliphatic heterocycles. The van der Waals surface area contributed by atoms with Gasteiger partial charge in [-0.15, -0.1) is 0 Å². The van der Waals surface area contributed by atoms with E-state index in [0.717, 1.165) is 56.8 Å². The standard InChI is InChI=1S/C20H28N4O2/c1-23(14-19-17-6-2-3-7-18(17)21-22-19)20(25)15-8-10-24(11-9-15)13-16-5-4-12-26-16/h4-5,12,15H,2-3,6-11,13-14H2,1H3,(H,21,22). The molecule has 3 heterocycles. The average Bonchev–Trinajstić information content (AvgIpc) is 3.32. The third-order valence-corrected chi connectivity index (χ3v) is 5.80. The van der Waals surface area contributed by atoms with Gasteiger partial charge in [0, 0.05) is 18.7 Å². The van der Waals surface area contributed by atoms with Gasteiger partial charge in [0.05, 0.1) is 25.0 Å². The lowest BCUT2D eigenvalue weighted by atomic mass is 9.94. The molecule has 0 unspecified atom stereocenters. The Balaban J connectivity index is 1.30. The Morgan fingerprint density at radius 3 is 2.92 bits per heavy atom. The fourth-order valence-corrected chi connectivity index (χ4v) is 4.26. The maximum atomic E-state index is 12.9. The highest BCUT2D eigenvalue weighted by Crippen LogP contribution is 2.25. The predicted octanol–water partition coefficient (Wildman–Crippen LogP) is 2.75. The molecule has 0 radical (unpaired) electrons. The first-order chi connectivity index (χ1) is 12.7. The van der Waals surface area contributed by atoms with Crippen LogP contribution in [0.3, 0.4) is 0 Å². The van der Waals surface area contributed by atoms with Crippen molar-refractivity contribution >= 4 is 5.91 Å². The fourth-order valence-electron chi connectivity index (χ4n) is 4.26. The lowest BCUT2D eigenvalue weighted by Gasteiger charge is -2.32. The smallest absolute Gasteiger partial charge is 0.225 e. The number of nitrogens with one attached hydrogen (secondary N) is 1. The second-order valence-electron chi connectivity index (χ2n) is 7.66. The first kappa shape index (κ1) is 17.3. The number of aryl methyl sites for hydroxylation is 1. The summed E-state index contributed by atoms with van der Waals surface area (Å²) < 4.78 is 5.43. The zero-order valence-corrected chi connectivity index (χ0v) is 15.5. The van der Waals surface area contributed by atoms with Crippen molar-refractivity contribution in [2.45, 2.75) is 51.6 Å². The molecule has 0 atom stereocenters. The number of likely N-dealkylation sites (tertiary alicyclic amines) is 1. The normalized spacial score (nSPS) is 18.7. The molecular weight excluding hydrogens is 328 g/mol. The molecule has 1 N–H and O–H groups in total. The van der Waals surface area contributed by atoms with Crippen molar-refractivity contribution in [1.82, 2.24) is 20.0 Å². The molecule has 6 heteroatoms. The highest BCUT2D eigenvalue weighted by molar-refractivity contribution is 5.78. The molecule has 0 bridgehead atoms. The van der Waals surface area contributed by atoms with Gasteiger partial charge in [0.2, 0.25) is 5.91 Å². The SMILES string of the molecule is CN(Cc1n[nH]c2c1CCCC2)C(=O)C1CCN(Cc2ccco2)CC1. The maximum Gasteiger partial charge on any atom is 0.225 e. The summed E-state index contributed by atoms with van der Waals surface area (Å²) in [4.78, 5) is 17.1. The molecular formula is C20H28N4O2. The van der Waals surface area contributed by atoms with Crippen molar-refractivity contribution in [3.05, 3.63) is 41.1 Å². The van der Waals surface area contributed by atoms with Crippen LogP contribution in [0.1, 0.15) is 48.4 Å². The minimum absolute atomic E-state index is 0.127. The number of aromatic amines is 1. The molecule has 6 nitrogen and oxygen atoms in total. The van der Waals surface area contributed by atoms with Crippen LogP contribution < -0.4 is 0 Å². The Kier molecular flexibility index (Phi) is 5.11. The third kappa shape index (κ3) is 3.70. The third-order valence-electron chi connectivity index (χ3n) is 5.80. The van der Waals surface area contributed by atoms with Gasteiger partial charge in [-0.3, -0.25) is 14.8 Å². The van der Waals surface area contributed by atoms with Crippen LogP contribution >= 0.6 is 0 Å². The quantitative estimate of drug-likeness (QED) is 0.895. The Morgan fingerprint density at radius 1 is 1.35 bits per heavy atom. The Bertz CT molecular complexity index is 729. The molecule has 2 aromatic rings. The van der Waals surface area contributed by atoms with Gasteiger partial charge in [-0.1, -0.05) is 0 Å². The Labute approximate surface area is 154 Å². The van der Waals surface area contributed by atoms with Crippen LogP contribution in [0.4, 0.5) is 0 Å². The van der Waals surface area contributed by atoms with Crippen LogP contribution in [0.25, 0.3) is 0 Å². The lowest BCUT2D eigenvalue weighted by Crippen LogP contribution is -2.40. The number of hydrogen-bond acceptors (Lipinski definition) is 4. The van der Waals surface area contributed by atoms with E-state index in [1.54, 1.807) is 6.26 Å². The summed E-state index contributed by atoms with van der Waals surface area (Å²) in [5.74, 6) is 1.38. The molecule has 1 amide bonds. The average molecular weight is 356 g/mol. The lowest BCUT2D eigenvalue weighted by molar-refractivity contribution is -0.136. The van der Waals surface area contributed by atoms with Crippen molar-refractivity contribution in [3.63, 3.8) is 0 Å².